The van der Waals surface area contributed by atoms with Crippen molar-refractivity contribution in [3.63, 3.8) is 0 Å². The molecular formula is C17H23N3O2. The molecule has 0 aromatic carbocycles. The lowest BCUT2D eigenvalue weighted by atomic mass is 10.1. The second-order valence-corrected chi connectivity index (χ2v) is 5.81. The normalized spacial score (nSPS) is 17.6. The molecular weight excluding hydrogens is 278 g/mol. The molecule has 5 nitrogen and oxygen atoms in total. The van der Waals surface area contributed by atoms with E-state index in [9.17, 15) is 9.59 Å². The van der Waals surface area contributed by atoms with Gasteiger partial charge in [-0.15, -0.1) is 0 Å². The first-order chi connectivity index (χ1) is 10.5. The zero-order chi connectivity index (χ0) is 16.1. The van der Waals surface area contributed by atoms with E-state index in [0.29, 0.717) is 32.6 Å². The molecule has 118 valence electrons. The minimum Gasteiger partial charge on any atom is -0.339 e. The van der Waals surface area contributed by atoms with E-state index in [2.05, 4.69) is 11.6 Å². The van der Waals surface area contributed by atoms with Crippen LogP contribution in [-0.2, 0) is 16.1 Å². The number of aromatic nitrogens is 1. The van der Waals surface area contributed by atoms with Crippen LogP contribution in [0.2, 0.25) is 0 Å². The Morgan fingerprint density at radius 3 is 2.86 bits per heavy atom. The molecule has 1 saturated heterocycles. The Hall–Kier alpha value is -2.17. The van der Waals surface area contributed by atoms with E-state index in [1.165, 1.54) is 0 Å². The van der Waals surface area contributed by atoms with Crippen LogP contribution in [0.25, 0.3) is 0 Å². The molecule has 0 N–H and O–H groups in total. The number of hydrogen-bond acceptors (Lipinski definition) is 3. The second kappa shape index (κ2) is 7.20. The lowest BCUT2D eigenvalue weighted by Crippen LogP contribution is -2.38. The Balaban J connectivity index is 1.99. The molecule has 0 radical (unpaired) electrons. The van der Waals surface area contributed by atoms with Crippen molar-refractivity contribution in [1.29, 1.82) is 0 Å². The van der Waals surface area contributed by atoms with Gasteiger partial charge in [0.15, 0.2) is 0 Å². The van der Waals surface area contributed by atoms with E-state index in [4.69, 9.17) is 0 Å². The summed E-state index contributed by atoms with van der Waals surface area (Å²) in [4.78, 5) is 32.4. The molecule has 0 aliphatic carbocycles. The van der Waals surface area contributed by atoms with Gasteiger partial charge in [-0.25, -0.2) is 0 Å². The fourth-order valence-electron chi connectivity index (χ4n) is 2.71. The van der Waals surface area contributed by atoms with Gasteiger partial charge in [0.05, 0.1) is 18.2 Å². The predicted octanol–water partition coefficient (Wildman–Crippen LogP) is 1.85. The van der Waals surface area contributed by atoms with Crippen molar-refractivity contribution in [2.75, 3.05) is 19.6 Å². The van der Waals surface area contributed by atoms with Crippen LogP contribution in [0.4, 0.5) is 0 Å². The summed E-state index contributed by atoms with van der Waals surface area (Å²) < 4.78 is 0. The highest BCUT2D eigenvalue weighted by Gasteiger charge is 2.36. The SMILES string of the molecule is C=C(C)CN(CC)C(=O)[C@@H]1CC(=O)N(Cc2ccccn2)C1. The minimum atomic E-state index is -0.254. The third-order valence-corrected chi connectivity index (χ3v) is 3.80. The third kappa shape index (κ3) is 3.93. The van der Waals surface area contributed by atoms with Crippen molar-refractivity contribution in [3.8, 4) is 0 Å². The molecule has 5 heteroatoms. The molecule has 2 rings (SSSR count). The van der Waals surface area contributed by atoms with Crippen LogP contribution < -0.4 is 0 Å². The lowest BCUT2D eigenvalue weighted by Gasteiger charge is -2.24. The third-order valence-electron chi connectivity index (χ3n) is 3.80. The van der Waals surface area contributed by atoms with E-state index >= 15 is 0 Å². The van der Waals surface area contributed by atoms with E-state index in [1.807, 2.05) is 32.0 Å². The van der Waals surface area contributed by atoms with Gasteiger partial charge in [-0.1, -0.05) is 18.2 Å². The molecule has 1 aromatic heterocycles. The summed E-state index contributed by atoms with van der Waals surface area (Å²) in [6, 6.07) is 5.64. The maximum atomic E-state index is 12.5. The van der Waals surface area contributed by atoms with Crippen LogP contribution >= 0.6 is 0 Å². The summed E-state index contributed by atoms with van der Waals surface area (Å²) in [6.07, 6.45) is 2.00. The van der Waals surface area contributed by atoms with Gasteiger partial charge < -0.3 is 9.80 Å². The summed E-state index contributed by atoms with van der Waals surface area (Å²) in [5, 5.41) is 0. The summed E-state index contributed by atoms with van der Waals surface area (Å²) in [6.45, 7) is 9.84. The predicted molar refractivity (Wildman–Crippen MR) is 84.8 cm³/mol. The number of carbonyl (C=O) groups excluding carboxylic acids is 2. The zero-order valence-electron chi connectivity index (χ0n) is 13.3. The van der Waals surface area contributed by atoms with Crippen LogP contribution in [0.5, 0.6) is 0 Å². The largest absolute Gasteiger partial charge is 0.339 e. The zero-order valence-corrected chi connectivity index (χ0v) is 13.3. The Morgan fingerprint density at radius 1 is 1.50 bits per heavy atom. The van der Waals surface area contributed by atoms with Crippen molar-refractivity contribution in [1.82, 2.24) is 14.8 Å². The topological polar surface area (TPSA) is 53.5 Å². The number of rotatable bonds is 6. The molecule has 1 aliphatic rings. The highest BCUT2D eigenvalue weighted by atomic mass is 16.2. The Labute approximate surface area is 131 Å². The second-order valence-electron chi connectivity index (χ2n) is 5.81. The van der Waals surface area contributed by atoms with Crippen LogP contribution in [0.1, 0.15) is 26.0 Å². The van der Waals surface area contributed by atoms with Crippen molar-refractivity contribution in [3.05, 3.63) is 42.2 Å². The van der Waals surface area contributed by atoms with Crippen molar-refractivity contribution >= 4 is 11.8 Å². The highest BCUT2D eigenvalue weighted by Crippen LogP contribution is 2.22. The van der Waals surface area contributed by atoms with Crippen molar-refractivity contribution < 1.29 is 9.59 Å². The minimum absolute atomic E-state index is 0.0235. The summed E-state index contributed by atoms with van der Waals surface area (Å²) in [5.41, 5.74) is 1.79. The molecule has 1 atom stereocenters. The highest BCUT2D eigenvalue weighted by molar-refractivity contribution is 5.89. The van der Waals surface area contributed by atoms with Gasteiger partial charge in [0.25, 0.3) is 0 Å². The number of hydrogen-bond donors (Lipinski definition) is 0. The first-order valence-corrected chi connectivity index (χ1v) is 7.62. The fourth-order valence-corrected chi connectivity index (χ4v) is 2.71. The monoisotopic (exact) mass is 301 g/mol. The van der Waals surface area contributed by atoms with E-state index in [1.54, 1.807) is 16.0 Å². The van der Waals surface area contributed by atoms with Gasteiger partial charge in [0, 0.05) is 32.3 Å². The molecule has 2 heterocycles. The van der Waals surface area contributed by atoms with Gasteiger partial charge in [0.2, 0.25) is 11.8 Å². The number of amides is 2. The van der Waals surface area contributed by atoms with Crippen molar-refractivity contribution in [2.24, 2.45) is 5.92 Å². The number of pyridine rings is 1. The molecule has 22 heavy (non-hydrogen) atoms. The lowest BCUT2D eigenvalue weighted by molar-refractivity contribution is -0.135. The Morgan fingerprint density at radius 2 is 2.27 bits per heavy atom. The number of carbonyl (C=O) groups is 2. The number of nitrogens with zero attached hydrogens (tertiary/aromatic N) is 3. The maximum Gasteiger partial charge on any atom is 0.228 e. The Kier molecular flexibility index (Phi) is 5.31. The van der Waals surface area contributed by atoms with E-state index < -0.39 is 0 Å². The fraction of sp³-hybridized carbons (Fsp3) is 0.471. The van der Waals surface area contributed by atoms with Gasteiger partial charge in [0.1, 0.15) is 0 Å². The van der Waals surface area contributed by atoms with Crippen LogP contribution in [0.15, 0.2) is 36.5 Å². The molecule has 0 spiro atoms. The maximum absolute atomic E-state index is 12.5. The summed E-state index contributed by atoms with van der Waals surface area (Å²) >= 11 is 0. The number of likely N-dealkylation sites (N-methyl/N-ethyl adjacent to an activating group) is 1. The molecule has 1 aliphatic heterocycles. The Bertz CT molecular complexity index is 556. The van der Waals surface area contributed by atoms with Crippen LogP contribution in [0, 0.1) is 5.92 Å². The van der Waals surface area contributed by atoms with Crippen LogP contribution in [-0.4, -0.2) is 46.2 Å². The quantitative estimate of drug-likeness (QED) is 0.754. The first-order valence-electron chi connectivity index (χ1n) is 7.62. The van der Waals surface area contributed by atoms with Gasteiger partial charge >= 0.3 is 0 Å². The molecule has 1 aromatic rings. The molecule has 1 fully saturated rings. The van der Waals surface area contributed by atoms with E-state index in [0.717, 1.165) is 11.3 Å². The van der Waals surface area contributed by atoms with Gasteiger partial charge in [-0.2, -0.15) is 0 Å². The molecule has 0 bridgehead atoms. The average Bonchev–Trinajstić information content (AvgIpc) is 2.86. The number of likely N-dealkylation sites (tertiary alicyclic amines) is 1. The van der Waals surface area contributed by atoms with Crippen LogP contribution in [0.3, 0.4) is 0 Å². The van der Waals surface area contributed by atoms with Gasteiger partial charge in [-0.3, -0.25) is 14.6 Å². The van der Waals surface area contributed by atoms with Gasteiger partial charge in [-0.05, 0) is 26.0 Å². The van der Waals surface area contributed by atoms with E-state index in [-0.39, 0.29) is 17.7 Å². The first kappa shape index (κ1) is 16.2. The smallest absolute Gasteiger partial charge is 0.228 e. The molecule has 2 amide bonds. The summed E-state index contributed by atoms with van der Waals surface area (Å²) in [7, 11) is 0. The standard InChI is InChI=1S/C17H23N3O2/c1-4-19(10-13(2)3)17(22)14-9-16(21)20(11-14)12-15-7-5-6-8-18-15/h5-8,14H,2,4,9-12H2,1,3H3/t14-/m1/s1. The summed E-state index contributed by atoms with van der Waals surface area (Å²) in [5.74, 6) is -0.187. The average molecular weight is 301 g/mol. The molecule has 0 unspecified atom stereocenters. The molecule has 0 saturated carbocycles. The van der Waals surface area contributed by atoms with Crippen molar-refractivity contribution in [2.45, 2.75) is 26.8 Å².